The van der Waals surface area contributed by atoms with Crippen molar-refractivity contribution in [2.75, 3.05) is 0 Å². The second kappa shape index (κ2) is 5.22. The molecular weight excluding hydrogens is 408 g/mol. The van der Waals surface area contributed by atoms with Crippen LogP contribution in [0.2, 0.25) is 0 Å². The van der Waals surface area contributed by atoms with Gasteiger partial charge >= 0.3 is 0 Å². The van der Waals surface area contributed by atoms with Crippen molar-refractivity contribution in [3.05, 3.63) is 26.1 Å². The van der Waals surface area contributed by atoms with Crippen LogP contribution in [0.15, 0.2) is 15.0 Å². The average molecular weight is 430 g/mol. The van der Waals surface area contributed by atoms with Gasteiger partial charge in [0.15, 0.2) is 0 Å². The Morgan fingerprint density at radius 2 is 1.95 bits per heavy atom. The molecule has 0 radical (unpaired) electrons. The summed E-state index contributed by atoms with van der Waals surface area (Å²) in [6, 6.07) is 2.14. The molecule has 4 heteroatoms. The highest BCUT2D eigenvalue weighted by atomic mass is 79.9. The molecule has 0 unspecified atom stereocenters. The lowest BCUT2D eigenvalue weighted by molar-refractivity contribution is -0.0226. The number of aliphatic hydroxyl groups is 1. The Morgan fingerprint density at radius 3 is 2.73 bits per heavy atom. The molecule has 1 aromatic rings. The van der Waals surface area contributed by atoms with E-state index >= 15 is 0 Å². The van der Waals surface area contributed by atoms with Gasteiger partial charge < -0.3 is 10.2 Å². The lowest BCUT2D eigenvalue weighted by Gasteiger charge is -2.50. The van der Waals surface area contributed by atoms with Crippen molar-refractivity contribution in [3.63, 3.8) is 0 Å². The predicted molar refractivity (Wildman–Crippen MR) is 94.1 cm³/mol. The number of aliphatic hydroxyl groups excluding tert-OH is 1. The summed E-state index contributed by atoms with van der Waals surface area (Å²) in [5.41, 5.74) is 2.84. The molecule has 0 amide bonds. The van der Waals surface area contributed by atoms with Gasteiger partial charge in [-0.15, -0.1) is 0 Å². The second-order valence-corrected chi connectivity index (χ2v) is 9.29. The minimum Gasteiger partial charge on any atom is -0.506 e. The standard InChI is InChI=1S/C18H22Br2O2/c1-18-7-6-9-10(13(18)4-5-15(18)21)2-3-11-12(9)8-14(19)17(22)16(11)20/h8-10,13,15,21-22H,2-7H2,1H3/t9-,10+,13+,15+,18-/m1/s1. The van der Waals surface area contributed by atoms with Crippen molar-refractivity contribution < 1.29 is 10.2 Å². The van der Waals surface area contributed by atoms with Crippen molar-refractivity contribution >= 4 is 31.9 Å². The first-order valence-corrected chi connectivity index (χ1v) is 9.90. The van der Waals surface area contributed by atoms with Gasteiger partial charge in [-0.2, -0.15) is 0 Å². The fourth-order valence-corrected chi connectivity index (χ4v) is 6.96. The number of aromatic hydroxyl groups is 1. The Balaban J connectivity index is 1.76. The van der Waals surface area contributed by atoms with E-state index in [1.54, 1.807) is 0 Å². The van der Waals surface area contributed by atoms with Crippen LogP contribution in [0.3, 0.4) is 0 Å². The van der Waals surface area contributed by atoms with Gasteiger partial charge in [0, 0.05) is 0 Å². The lowest BCUT2D eigenvalue weighted by Crippen LogP contribution is -2.44. The van der Waals surface area contributed by atoms with Crippen molar-refractivity contribution in [1.82, 2.24) is 0 Å². The van der Waals surface area contributed by atoms with Crippen LogP contribution in [0.1, 0.15) is 56.1 Å². The van der Waals surface area contributed by atoms with E-state index in [2.05, 4.69) is 44.8 Å². The van der Waals surface area contributed by atoms with Crippen LogP contribution in [-0.2, 0) is 6.42 Å². The van der Waals surface area contributed by atoms with E-state index in [0.717, 1.165) is 34.6 Å². The lowest BCUT2D eigenvalue weighted by atomic mass is 9.55. The number of halogens is 2. The summed E-state index contributed by atoms with van der Waals surface area (Å²) in [6.07, 6.45) is 6.53. The van der Waals surface area contributed by atoms with E-state index < -0.39 is 0 Å². The summed E-state index contributed by atoms with van der Waals surface area (Å²) in [5, 5.41) is 20.6. The molecule has 3 aliphatic carbocycles. The zero-order chi connectivity index (χ0) is 15.6. The maximum Gasteiger partial charge on any atom is 0.144 e. The molecule has 22 heavy (non-hydrogen) atoms. The van der Waals surface area contributed by atoms with E-state index in [9.17, 15) is 10.2 Å². The molecule has 5 atom stereocenters. The fourth-order valence-electron chi connectivity index (χ4n) is 5.61. The van der Waals surface area contributed by atoms with E-state index in [-0.39, 0.29) is 11.5 Å². The number of fused-ring (bicyclic) bond motifs is 5. The monoisotopic (exact) mass is 428 g/mol. The van der Waals surface area contributed by atoms with Gasteiger partial charge in [0.1, 0.15) is 5.75 Å². The number of benzene rings is 1. The molecule has 1 aromatic carbocycles. The first-order valence-electron chi connectivity index (χ1n) is 8.31. The minimum atomic E-state index is -0.113. The highest BCUT2D eigenvalue weighted by Gasteiger charge is 2.54. The molecule has 4 rings (SSSR count). The quantitative estimate of drug-likeness (QED) is 0.599. The second-order valence-electron chi connectivity index (χ2n) is 7.64. The summed E-state index contributed by atoms with van der Waals surface area (Å²) in [4.78, 5) is 0. The van der Waals surface area contributed by atoms with Crippen LogP contribution in [0.25, 0.3) is 0 Å². The molecule has 0 spiro atoms. The fraction of sp³-hybridized carbons (Fsp3) is 0.667. The molecule has 0 heterocycles. The topological polar surface area (TPSA) is 40.5 Å². The first-order chi connectivity index (χ1) is 10.4. The number of hydrogen-bond donors (Lipinski definition) is 2. The van der Waals surface area contributed by atoms with Gasteiger partial charge in [0.05, 0.1) is 15.0 Å². The number of rotatable bonds is 0. The largest absolute Gasteiger partial charge is 0.506 e. The van der Waals surface area contributed by atoms with Gasteiger partial charge in [0.2, 0.25) is 0 Å². The highest BCUT2D eigenvalue weighted by Crippen LogP contribution is 2.61. The number of hydrogen-bond acceptors (Lipinski definition) is 2. The SMILES string of the molecule is C[C@@]12CC[C@H]3c4cc(Br)c(O)c(Br)c4CC[C@@H]3[C@@H]1CC[C@@H]2O. The van der Waals surface area contributed by atoms with E-state index in [0.29, 0.717) is 23.5 Å². The maximum absolute atomic E-state index is 10.4. The predicted octanol–water partition coefficient (Wildman–Crippen LogP) is 5.13. The third kappa shape index (κ3) is 1.99. The molecule has 2 saturated carbocycles. The van der Waals surface area contributed by atoms with Gasteiger partial charge in [-0.3, -0.25) is 0 Å². The molecular formula is C18H22Br2O2. The van der Waals surface area contributed by atoms with Gasteiger partial charge in [0.25, 0.3) is 0 Å². The molecule has 2 nitrogen and oxygen atoms in total. The summed E-state index contributed by atoms with van der Waals surface area (Å²) in [7, 11) is 0. The maximum atomic E-state index is 10.4. The zero-order valence-electron chi connectivity index (χ0n) is 12.8. The van der Waals surface area contributed by atoms with Crippen LogP contribution >= 0.6 is 31.9 Å². The summed E-state index contributed by atoms with van der Waals surface area (Å²) in [6.45, 7) is 2.31. The van der Waals surface area contributed by atoms with Crippen LogP contribution in [0.5, 0.6) is 5.75 Å². The zero-order valence-corrected chi connectivity index (χ0v) is 16.0. The molecule has 120 valence electrons. The molecule has 2 fully saturated rings. The molecule has 3 aliphatic rings. The minimum absolute atomic E-state index is 0.113. The van der Waals surface area contributed by atoms with Crippen molar-refractivity contribution in [1.29, 1.82) is 0 Å². The molecule has 0 bridgehead atoms. The summed E-state index contributed by atoms with van der Waals surface area (Å²) < 4.78 is 1.66. The molecule has 2 N–H and O–H groups in total. The third-order valence-electron chi connectivity index (χ3n) is 6.84. The molecule has 0 saturated heterocycles. The molecule has 0 aromatic heterocycles. The Hall–Kier alpha value is -0.0600. The average Bonchev–Trinajstić information content (AvgIpc) is 2.80. The normalized spacial score (nSPS) is 40.0. The van der Waals surface area contributed by atoms with Crippen molar-refractivity contribution in [2.45, 2.75) is 57.5 Å². The van der Waals surface area contributed by atoms with Crippen LogP contribution in [0, 0.1) is 17.3 Å². The Labute approximate surface area is 148 Å². The Kier molecular flexibility index (Phi) is 3.67. The van der Waals surface area contributed by atoms with Crippen LogP contribution in [-0.4, -0.2) is 16.3 Å². The van der Waals surface area contributed by atoms with E-state index in [1.165, 1.54) is 24.0 Å². The van der Waals surface area contributed by atoms with E-state index in [1.807, 2.05) is 0 Å². The summed E-state index contributed by atoms with van der Waals surface area (Å²) >= 11 is 7.09. The molecule has 0 aliphatic heterocycles. The van der Waals surface area contributed by atoms with Gasteiger partial charge in [-0.05, 0) is 111 Å². The van der Waals surface area contributed by atoms with Crippen LogP contribution < -0.4 is 0 Å². The van der Waals surface area contributed by atoms with Crippen molar-refractivity contribution in [3.8, 4) is 5.75 Å². The van der Waals surface area contributed by atoms with Gasteiger partial charge in [-0.25, -0.2) is 0 Å². The Morgan fingerprint density at radius 1 is 1.18 bits per heavy atom. The van der Waals surface area contributed by atoms with Crippen molar-refractivity contribution in [2.24, 2.45) is 17.3 Å². The number of phenolic OH excluding ortho intramolecular Hbond substituents is 1. The number of phenols is 1. The van der Waals surface area contributed by atoms with E-state index in [4.69, 9.17) is 0 Å². The smallest absolute Gasteiger partial charge is 0.144 e. The third-order valence-corrected chi connectivity index (χ3v) is 8.30. The van der Waals surface area contributed by atoms with Gasteiger partial charge in [-0.1, -0.05) is 6.92 Å². The highest BCUT2D eigenvalue weighted by molar-refractivity contribution is 9.11. The first kappa shape index (κ1) is 15.5. The van der Waals surface area contributed by atoms with Crippen LogP contribution in [0.4, 0.5) is 0 Å². The Bertz CT molecular complexity index is 630. The summed E-state index contributed by atoms with van der Waals surface area (Å²) in [5.74, 6) is 2.25.